The van der Waals surface area contributed by atoms with Crippen molar-refractivity contribution >= 4 is 40.0 Å². The fourth-order valence-corrected chi connectivity index (χ4v) is 7.26. The van der Waals surface area contributed by atoms with Crippen LogP contribution in [0.5, 0.6) is 0 Å². The molecule has 0 radical (unpaired) electrons. The first-order valence-corrected chi connectivity index (χ1v) is 16.0. The summed E-state index contributed by atoms with van der Waals surface area (Å²) in [5, 5.41) is 29.4. The van der Waals surface area contributed by atoms with Gasteiger partial charge in [0.25, 0.3) is 0 Å². The monoisotopic (exact) mass is 608 g/mol. The molecule has 11 nitrogen and oxygen atoms in total. The van der Waals surface area contributed by atoms with Gasteiger partial charge in [0, 0.05) is 50.1 Å². The third-order valence-electron chi connectivity index (χ3n) is 9.76. The average Bonchev–Trinajstić information content (AvgIpc) is 3.34. The van der Waals surface area contributed by atoms with E-state index in [4.69, 9.17) is 5.11 Å². The number of carbonyl (C=O) groups excluding carboxylic acids is 1. The van der Waals surface area contributed by atoms with Crippen molar-refractivity contribution < 1.29 is 14.7 Å². The lowest BCUT2D eigenvalue weighted by Crippen LogP contribution is -2.41. The number of hydrogen-bond acceptors (Lipinski definition) is 8. The van der Waals surface area contributed by atoms with Crippen LogP contribution < -0.4 is 15.5 Å². The molecular weight excluding hydrogens is 568 g/mol. The van der Waals surface area contributed by atoms with E-state index >= 15 is 0 Å². The molecule has 3 aliphatic rings. The van der Waals surface area contributed by atoms with Crippen molar-refractivity contribution in [2.24, 2.45) is 13.0 Å². The number of nitrogens with zero attached hydrogens (tertiary/aromatic N) is 6. The third kappa shape index (κ3) is 6.09. The minimum atomic E-state index is -1.06. The number of aryl methyl sites for hydroxylation is 1. The smallest absolute Gasteiger partial charge is 0.356 e. The number of aromatic carboxylic acids is 1. The highest BCUT2D eigenvalue weighted by molar-refractivity contribution is 6.01. The van der Waals surface area contributed by atoms with Crippen molar-refractivity contribution in [3.8, 4) is 11.1 Å². The summed E-state index contributed by atoms with van der Waals surface area (Å²) >= 11 is 0. The van der Waals surface area contributed by atoms with E-state index < -0.39 is 5.97 Å². The Bertz CT molecular complexity index is 1720. The van der Waals surface area contributed by atoms with Crippen LogP contribution in [-0.4, -0.2) is 80.6 Å². The van der Waals surface area contributed by atoms with Gasteiger partial charge in [-0.25, -0.2) is 4.79 Å². The minimum Gasteiger partial charge on any atom is -0.476 e. The molecule has 234 valence electrons. The molecule has 1 amide bonds. The Labute approximate surface area is 262 Å². The molecule has 45 heavy (non-hydrogen) atoms. The molecule has 3 N–H and O–H groups in total. The average molecular weight is 609 g/mol. The van der Waals surface area contributed by atoms with Crippen molar-refractivity contribution in [3.05, 3.63) is 59.9 Å². The molecule has 2 fully saturated rings. The summed E-state index contributed by atoms with van der Waals surface area (Å²) in [6.07, 6.45) is 6.69. The van der Waals surface area contributed by atoms with Gasteiger partial charge in [-0.15, -0.1) is 10.2 Å². The second-order valence-corrected chi connectivity index (χ2v) is 12.9. The Balaban J connectivity index is 1.03. The standard InChI is InChI=1S/C34H40N8O3/c1-21-15-32(43)37-29-18-25(17-27(33(29)36-21)24-3-5-30-26(16-24)19-35-40(30)2)23-9-11-41(12-10-23)20-22-7-13-42(14-8-22)31-6-4-28(34(44)45)38-39-31/h3-6,16-19,21-23,36H,7-15,20H2,1-2H3,(H,37,43)(H,44,45)/t21-/m1/s1. The quantitative estimate of drug-likeness (QED) is 0.278. The molecule has 11 heteroatoms. The number of likely N-dealkylation sites (tertiary alicyclic amines) is 1. The zero-order chi connectivity index (χ0) is 31.1. The van der Waals surface area contributed by atoms with Crippen LogP contribution >= 0.6 is 0 Å². The number of anilines is 3. The van der Waals surface area contributed by atoms with E-state index in [1.807, 2.05) is 17.9 Å². The van der Waals surface area contributed by atoms with Gasteiger partial charge in [-0.1, -0.05) is 6.07 Å². The van der Waals surface area contributed by atoms with Crippen molar-refractivity contribution in [1.29, 1.82) is 0 Å². The zero-order valence-corrected chi connectivity index (χ0v) is 25.9. The maximum absolute atomic E-state index is 12.7. The van der Waals surface area contributed by atoms with E-state index in [9.17, 15) is 9.59 Å². The first-order chi connectivity index (χ1) is 21.8. The molecule has 5 heterocycles. The molecule has 7 rings (SSSR count). The molecular formula is C34H40N8O3. The number of fused-ring (bicyclic) bond motifs is 2. The van der Waals surface area contributed by atoms with Gasteiger partial charge in [0.05, 0.1) is 23.1 Å². The van der Waals surface area contributed by atoms with E-state index in [1.54, 1.807) is 6.07 Å². The molecule has 4 aromatic rings. The van der Waals surface area contributed by atoms with Gasteiger partial charge in [0.15, 0.2) is 11.5 Å². The SMILES string of the molecule is C[C@@H]1CC(=O)Nc2cc(C3CCN(CC4CCN(c5ccc(C(=O)O)nn5)CC4)CC3)cc(-c3ccc4c(cnn4C)c3)c2N1. The summed E-state index contributed by atoms with van der Waals surface area (Å²) in [6.45, 7) is 7.09. The Hall–Kier alpha value is -4.51. The predicted octanol–water partition coefficient (Wildman–Crippen LogP) is 4.97. The fraction of sp³-hybridized carbons (Fsp3) is 0.441. The van der Waals surface area contributed by atoms with Crippen LogP contribution in [0.1, 0.15) is 61.0 Å². The van der Waals surface area contributed by atoms with E-state index in [2.05, 4.69) is 73.0 Å². The lowest BCUT2D eigenvalue weighted by atomic mass is 9.86. The second-order valence-electron chi connectivity index (χ2n) is 12.9. The van der Waals surface area contributed by atoms with Crippen LogP contribution in [0.15, 0.2) is 48.7 Å². The van der Waals surface area contributed by atoms with Crippen LogP contribution in [0.2, 0.25) is 0 Å². The predicted molar refractivity (Wildman–Crippen MR) is 175 cm³/mol. The molecule has 3 aliphatic heterocycles. The Morgan fingerprint density at radius 1 is 1.00 bits per heavy atom. The second kappa shape index (κ2) is 12.1. The summed E-state index contributed by atoms with van der Waals surface area (Å²) in [6, 6.07) is 14.4. The molecule has 2 saturated heterocycles. The zero-order valence-electron chi connectivity index (χ0n) is 25.9. The van der Waals surface area contributed by atoms with Crippen molar-refractivity contribution in [2.75, 3.05) is 48.3 Å². The Morgan fingerprint density at radius 3 is 2.53 bits per heavy atom. The normalized spacial score (nSPS) is 20.0. The van der Waals surface area contributed by atoms with Crippen LogP contribution in [0, 0.1) is 5.92 Å². The highest BCUT2D eigenvalue weighted by Crippen LogP contribution is 2.42. The maximum Gasteiger partial charge on any atom is 0.356 e. The van der Waals surface area contributed by atoms with Crippen molar-refractivity contribution in [2.45, 2.75) is 51.0 Å². The van der Waals surface area contributed by atoms with Gasteiger partial charge >= 0.3 is 5.97 Å². The summed E-state index contributed by atoms with van der Waals surface area (Å²) in [7, 11) is 1.96. The number of hydrogen-bond donors (Lipinski definition) is 3. The van der Waals surface area contributed by atoms with Gasteiger partial charge in [0.1, 0.15) is 0 Å². The van der Waals surface area contributed by atoms with E-state index in [1.165, 1.54) is 11.6 Å². The number of rotatable bonds is 6. The number of nitrogens with one attached hydrogen (secondary N) is 2. The number of carbonyl (C=O) groups is 2. The lowest BCUT2D eigenvalue weighted by molar-refractivity contribution is -0.116. The molecule has 0 saturated carbocycles. The topological polar surface area (TPSA) is 129 Å². The Morgan fingerprint density at radius 2 is 1.80 bits per heavy atom. The summed E-state index contributed by atoms with van der Waals surface area (Å²) in [5.74, 6) is 0.804. The van der Waals surface area contributed by atoms with E-state index in [0.29, 0.717) is 18.3 Å². The largest absolute Gasteiger partial charge is 0.476 e. The molecule has 0 spiro atoms. The highest BCUT2D eigenvalue weighted by atomic mass is 16.4. The number of aromatic nitrogens is 4. The molecule has 0 unspecified atom stereocenters. The van der Waals surface area contributed by atoms with Crippen molar-refractivity contribution in [1.82, 2.24) is 24.9 Å². The molecule has 0 bridgehead atoms. The van der Waals surface area contributed by atoms with E-state index in [-0.39, 0.29) is 17.6 Å². The fourth-order valence-electron chi connectivity index (χ4n) is 7.26. The molecule has 2 aromatic carbocycles. The third-order valence-corrected chi connectivity index (χ3v) is 9.76. The van der Waals surface area contributed by atoms with Gasteiger partial charge in [-0.2, -0.15) is 5.10 Å². The van der Waals surface area contributed by atoms with Crippen LogP contribution in [0.4, 0.5) is 17.2 Å². The number of piperidine rings is 2. The maximum atomic E-state index is 12.7. The van der Waals surface area contributed by atoms with Gasteiger partial charge in [-0.05, 0) is 105 Å². The summed E-state index contributed by atoms with van der Waals surface area (Å²) in [4.78, 5) is 28.6. The first kappa shape index (κ1) is 29.2. The van der Waals surface area contributed by atoms with E-state index in [0.717, 1.165) is 97.6 Å². The lowest BCUT2D eigenvalue weighted by Gasteiger charge is -2.38. The number of carboxylic acid groups (broad SMARTS) is 1. The van der Waals surface area contributed by atoms with Crippen LogP contribution in [0.3, 0.4) is 0 Å². The first-order valence-electron chi connectivity index (χ1n) is 16.0. The molecule has 1 atom stereocenters. The number of benzene rings is 2. The molecule has 0 aliphatic carbocycles. The highest BCUT2D eigenvalue weighted by Gasteiger charge is 2.28. The summed E-state index contributed by atoms with van der Waals surface area (Å²) in [5.41, 5.74) is 6.47. The van der Waals surface area contributed by atoms with Crippen LogP contribution in [-0.2, 0) is 11.8 Å². The molecule has 2 aromatic heterocycles. The van der Waals surface area contributed by atoms with Crippen molar-refractivity contribution in [3.63, 3.8) is 0 Å². The number of carboxylic acids is 1. The Kier molecular flexibility index (Phi) is 7.87. The van der Waals surface area contributed by atoms with Gasteiger partial charge in [0.2, 0.25) is 5.91 Å². The van der Waals surface area contributed by atoms with Gasteiger partial charge in [-0.3, -0.25) is 9.48 Å². The van der Waals surface area contributed by atoms with Gasteiger partial charge < -0.3 is 25.5 Å². The number of amides is 1. The minimum absolute atomic E-state index is 0.0265. The van der Waals surface area contributed by atoms with Crippen LogP contribution in [0.25, 0.3) is 22.0 Å². The summed E-state index contributed by atoms with van der Waals surface area (Å²) < 4.78 is 1.89.